The van der Waals surface area contributed by atoms with Crippen LogP contribution in [0.3, 0.4) is 0 Å². The second kappa shape index (κ2) is 10.5. The molecule has 2 heterocycles. The lowest BCUT2D eigenvalue weighted by molar-refractivity contribution is -0.246. The third kappa shape index (κ3) is 6.63. The van der Waals surface area contributed by atoms with Gasteiger partial charge >= 0.3 is 23.9 Å². The molecule has 11 heteroatoms. The Labute approximate surface area is 180 Å². The Bertz CT molecular complexity index is 757. The van der Waals surface area contributed by atoms with Gasteiger partial charge in [0.25, 0.3) is 0 Å². The number of carbonyl (C=O) groups is 4. The van der Waals surface area contributed by atoms with E-state index in [2.05, 4.69) is 4.98 Å². The number of rotatable bonds is 6. The first-order valence-electron chi connectivity index (χ1n) is 8.58. The van der Waals surface area contributed by atoms with E-state index in [4.69, 9.17) is 23.7 Å². The SMILES string of the molecule is CC(=O)OC[C@H]1O[C@H](OC(=O)c2ccccn2)[C@@H](I)[C@@H](OC(C)=O)[C@@H]1OC(C)=O. The summed E-state index contributed by atoms with van der Waals surface area (Å²) >= 11 is 1.88. The molecule has 1 aliphatic heterocycles. The molecule has 0 aliphatic carbocycles. The summed E-state index contributed by atoms with van der Waals surface area (Å²) < 4.78 is 26.0. The van der Waals surface area contributed by atoms with Crippen LogP contribution in [0.4, 0.5) is 0 Å². The van der Waals surface area contributed by atoms with Crippen LogP contribution in [0.1, 0.15) is 31.3 Å². The molecule has 1 aromatic rings. The standard InChI is InChI=1S/C18H20INO9/c1-9(21)25-8-13-15(26-10(2)22)16(27-11(3)23)14(19)18(28-13)29-17(24)12-6-4-5-7-20-12/h4-7,13-16,18H,8H2,1-3H3/t13-,14+,15-,16-,18-/m1/s1. The van der Waals surface area contributed by atoms with Gasteiger partial charge in [-0.25, -0.2) is 9.78 Å². The first kappa shape index (κ1) is 23.0. The van der Waals surface area contributed by atoms with E-state index in [0.717, 1.165) is 0 Å². The molecule has 0 saturated carbocycles. The summed E-state index contributed by atoms with van der Waals surface area (Å²) in [6, 6.07) is 4.73. The maximum atomic E-state index is 12.4. The third-order valence-electron chi connectivity index (χ3n) is 3.73. The van der Waals surface area contributed by atoms with Crippen molar-refractivity contribution in [1.29, 1.82) is 0 Å². The minimum absolute atomic E-state index is 0.0578. The molecular formula is C18H20INO9. The second-order valence-corrected chi connectivity index (χ2v) is 7.50. The number of hydrogen-bond donors (Lipinski definition) is 0. The average Bonchev–Trinajstić information content (AvgIpc) is 2.65. The molecular weight excluding hydrogens is 501 g/mol. The topological polar surface area (TPSA) is 127 Å². The number of carbonyl (C=O) groups excluding carboxylic acids is 4. The van der Waals surface area contributed by atoms with Crippen LogP contribution in [0.15, 0.2) is 24.4 Å². The normalized spacial score (nSPS) is 26.1. The van der Waals surface area contributed by atoms with Crippen molar-refractivity contribution in [1.82, 2.24) is 4.98 Å². The van der Waals surface area contributed by atoms with Crippen LogP contribution < -0.4 is 0 Å². The molecule has 2 rings (SSSR count). The number of hydrogen-bond acceptors (Lipinski definition) is 10. The predicted molar refractivity (Wildman–Crippen MR) is 104 cm³/mol. The van der Waals surface area contributed by atoms with E-state index in [0.29, 0.717) is 0 Å². The molecule has 0 unspecified atom stereocenters. The number of alkyl halides is 1. The minimum atomic E-state index is -1.18. The Kier molecular flexibility index (Phi) is 8.32. The maximum absolute atomic E-state index is 12.4. The summed E-state index contributed by atoms with van der Waals surface area (Å²) in [6.45, 7) is 3.28. The van der Waals surface area contributed by atoms with Gasteiger partial charge in [0.15, 0.2) is 12.2 Å². The van der Waals surface area contributed by atoms with Gasteiger partial charge in [-0.2, -0.15) is 0 Å². The van der Waals surface area contributed by atoms with Crippen LogP contribution in [0.2, 0.25) is 0 Å². The summed E-state index contributed by atoms with van der Waals surface area (Å²) in [5.41, 5.74) is 0.0578. The lowest BCUT2D eigenvalue weighted by Gasteiger charge is -2.42. The van der Waals surface area contributed by atoms with Crippen molar-refractivity contribution < 1.29 is 42.9 Å². The Morgan fingerprint density at radius 3 is 2.21 bits per heavy atom. The van der Waals surface area contributed by atoms with Gasteiger partial charge in [-0.15, -0.1) is 0 Å². The lowest BCUT2D eigenvalue weighted by Crippen LogP contribution is -2.60. The maximum Gasteiger partial charge on any atom is 0.359 e. The van der Waals surface area contributed by atoms with Crippen LogP contribution in [-0.2, 0) is 38.1 Å². The molecule has 0 bridgehead atoms. The molecule has 0 aromatic carbocycles. The van der Waals surface area contributed by atoms with E-state index < -0.39 is 52.4 Å². The molecule has 5 atom stereocenters. The van der Waals surface area contributed by atoms with Gasteiger partial charge in [0.05, 0.1) is 0 Å². The smallest absolute Gasteiger partial charge is 0.359 e. The zero-order valence-corrected chi connectivity index (χ0v) is 18.1. The predicted octanol–water partition coefficient (Wildman–Crippen LogP) is 1.19. The van der Waals surface area contributed by atoms with Crippen molar-refractivity contribution in [3.05, 3.63) is 30.1 Å². The Balaban J connectivity index is 2.27. The van der Waals surface area contributed by atoms with E-state index in [-0.39, 0.29) is 12.3 Å². The van der Waals surface area contributed by atoms with Crippen molar-refractivity contribution in [2.75, 3.05) is 6.61 Å². The van der Waals surface area contributed by atoms with Crippen molar-refractivity contribution in [3.63, 3.8) is 0 Å². The Hall–Kier alpha value is -2.28. The Morgan fingerprint density at radius 1 is 1.00 bits per heavy atom. The first-order chi connectivity index (χ1) is 13.7. The van der Waals surface area contributed by atoms with Crippen molar-refractivity contribution in [2.45, 2.75) is 49.3 Å². The molecule has 0 amide bonds. The van der Waals surface area contributed by atoms with Crippen LogP contribution in [-0.4, -0.2) is 64.0 Å². The first-order valence-corrected chi connectivity index (χ1v) is 9.83. The zero-order chi connectivity index (χ0) is 21.6. The lowest BCUT2D eigenvalue weighted by atomic mass is 10.0. The average molecular weight is 521 g/mol. The summed E-state index contributed by atoms with van der Waals surface area (Å²) in [4.78, 5) is 50.7. The molecule has 1 saturated heterocycles. The number of nitrogens with zero attached hydrogens (tertiary/aromatic N) is 1. The number of esters is 4. The van der Waals surface area contributed by atoms with Crippen molar-refractivity contribution in [2.24, 2.45) is 0 Å². The fraction of sp³-hybridized carbons (Fsp3) is 0.500. The van der Waals surface area contributed by atoms with Crippen LogP contribution in [0.5, 0.6) is 0 Å². The largest absolute Gasteiger partial charge is 0.463 e. The van der Waals surface area contributed by atoms with Gasteiger partial charge in [-0.05, 0) is 12.1 Å². The summed E-state index contributed by atoms with van der Waals surface area (Å²) in [7, 11) is 0. The monoisotopic (exact) mass is 521 g/mol. The van der Waals surface area contributed by atoms with E-state index in [1.807, 2.05) is 22.6 Å². The van der Waals surface area contributed by atoms with Crippen LogP contribution >= 0.6 is 22.6 Å². The van der Waals surface area contributed by atoms with Crippen molar-refractivity contribution >= 4 is 46.5 Å². The van der Waals surface area contributed by atoms with E-state index in [1.54, 1.807) is 12.1 Å². The number of ether oxygens (including phenoxy) is 5. The number of aromatic nitrogens is 1. The van der Waals surface area contributed by atoms with Gasteiger partial charge in [0, 0.05) is 27.0 Å². The van der Waals surface area contributed by atoms with Crippen LogP contribution in [0.25, 0.3) is 0 Å². The molecule has 0 N–H and O–H groups in total. The Morgan fingerprint density at radius 2 is 1.66 bits per heavy atom. The summed E-state index contributed by atoms with van der Waals surface area (Å²) in [5, 5.41) is 0. The molecule has 1 aliphatic rings. The summed E-state index contributed by atoms with van der Waals surface area (Å²) in [5.74, 6) is -2.61. The van der Waals surface area contributed by atoms with Gasteiger partial charge in [0.2, 0.25) is 6.29 Å². The van der Waals surface area contributed by atoms with Gasteiger partial charge in [-0.1, -0.05) is 28.7 Å². The molecule has 0 spiro atoms. The van der Waals surface area contributed by atoms with E-state index in [1.165, 1.54) is 33.0 Å². The highest BCUT2D eigenvalue weighted by atomic mass is 127. The molecule has 10 nitrogen and oxygen atoms in total. The van der Waals surface area contributed by atoms with E-state index in [9.17, 15) is 19.2 Å². The van der Waals surface area contributed by atoms with Gasteiger partial charge < -0.3 is 23.7 Å². The highest BCUT2D eigenvalue weighted by Gasteiger charge is 2.50. The second-order valence-electron chi connectivity index (χ2n) is 6.06. The van der Waals surface area contributed by atoms with Crippen molar-refractivity contribution in [3.8, 4) is 0 Å². The third-order valence-corrected chi connectivity index (χ3v) is 5.02. The molecule has 0 radical (unpaired) electrons. The molecule has 1 fully saturated rings. The van der Waals surface area contributed by atoms with E-state index >= 15 is 0 Å². The summed E-state index contributed by atoms with van der Waals surface area (Å²) in [6.07, 6.45) is -2.85. The fourth-order valence-corrected chi connectivity index (χ4v) is 3.48. The quantitative estimate of drug-likeness (QED) is 0.233. The highest BCUT2D eigenvalue weighted by molar-refractivity contribution is 14.1. The van der Waals surface area contributed by atoms with Crippen LogP contribution in [0, 0.1) is 0 Å². The fourth-order valence-electron chi connectivity index (χ4n) is 2.61. The zero-order valence-electron chi connectivity index (χ0n) is 15.9. The molecule has 1 aromatic heterocycles. The molecule has 158 valence electrons. The number of halogens is 1. The highest BCUT2D eigenvalue weighted by Crippen LogP contribution is 2.32. The van der Waals surface area contributed by atoms with Gasteiger partial charge in [-0.3, -0.25) is 14.4 Å². The number of pyridine rings is 1. The van der Waals surface area contributed by atoms with Gasteiger partial charge in [0.1, 0.15) is 22.3 Å². The minimum Gasteiger partial charge on any atom is -0.463 e. The molecule has 29 heavy (non-hydrogen) atoms.